The number of hydrogen-bond acceptors (Lipinski definition) is 10. The number of carbonyl (C=O) groups excluding carboxylic acids is 4. The summed E-state index contributed by atoms with van der Waals surface area (Å²) in [5.41, 5.74) is 5.50. The number of benzene rings is 5. The van der Waals surface area contributed by atoms with Crippen LogP contribution in [0, 0.1) is 0 Å². The summed E-state index contributed by atoms with van der Waals surface area (Å²) in [5.74, 6) is 1.94. The highest BCUT2D eigenvalue weighted by Crippen LogP contribution is 2.45. The lowest BCUT2D eigenvalue weighted by Crippen LogP contribution is -2.30. The van der Waals surface area contributed by atoms with Crippen LogP contribution in [0.5, 0.6) is 11.5 Å². The van der Waals surface area contributed by atoms with Crippen LogP contribution in [-0.2, 0) is 24.4 Å². The Morgan fingerprint density at radius 1 is 0.406 bits per heavy atom. The summed E-state index contributed by atoms with van der Waals surface area (Å²) < 4.78 is 30.9. The van der Waals surface area contributed by atoms with Gasteiger partial charge in [0.1, 0.15) is 24.7 Å². The van der Waals surface area contributed by atoms with E-state index in [0.717, 1.165) is 22.3 Å². The molecule has 1 aliphatic carbocycles. The van der Waals surface area contributed by atoms with Crippen molar-refractivity contribution in [3.8, 4) is 11.5 Å². The standard InChI is InChI=1S/C24H32O4.C14H12O2.C10H10O2.C4H10O2.2CH4/c1-25-16-18-27-22-10-6-20(7-11-22)24(14-4-3-5-15-24)21-8-12-23(13-9-21)28-19-17-26-2;1-9(15)11-3-5-14-8-12(10(2)16)4-6-13(14)7-11;1-7(11)9-3-5-10(6-4-9)8(2)12;1-5-3-4-6-2;;/h6-13H,3-5,14-19H2,1-2H3;3-8H,1-2H3;3-6H,1-2H3;3-4H2,1-2H3;2*1H4. The topological polar surface area (TPSA) is 124 Å². The molecule has 0 N–H and O–H groups in total. The van der Waals surface area contributed by atoms with Crippen molar-refractivity contribution in [1.29, 1.82) is 0 Å². The van der Waals surface area contributed by atoms with E-state index in [-0.39, 0.29) is 43.4 Å². The first kappa shape index (κ1) is 56.5. The third-order valence-corrected chi connectivity index (χ3v) is 10.5. The summed E-state index contributed by atoms with van der Waals surface area (Å²) in [6.45, 7) is 9.83. The largest absolute Gasteiger partial charge is 0.491 e. The fourth-order valence-electron chi connectivity index (χ4n) is 6.92. The van der Waals surface area contributed by atoms with Crippen LogP contribution in [0.15, 0.2) is 109 Å². The zero-order chi connectivity index (χ0) is 45.3. The zero-order valence-corrected chi connectivity index (χ0v) is 37.8. The van der Waals surface area contributed by atoms with Crippen LogP contribution in [0.4, 0.5) is 0 Å². The number of methoxy groups -OCH3 is 4. The zero-order valence-electron chi connectivity index (χ0n) is 37.8. The fraction of sp³-hybridized carbons (Fsp3) is 0.407. The Labute approximate surface area is 382 Å². The van der Waals surface area contributed by atoms with Gasteiger partial charge in [0.15, 0.2) is 23.1 Å². The Kier molecular flexibility index (Phi) is 27.0. The molecule has 64 heavy (non-hydrogen) atoms. The molecule has 10 nitrogen and oxygen atoms in total. The number of ketones is 4. The van der Waals surface area contributed by atoms with Crippen molar-refractivity contribution < 1.29 is 47.6 Å². The van der Waals surface area contributed by atoms with Crippen molar-refractivity contribution in [3.05, 3.63) is 143 Å². The van der Waals surface area contributed by atoms with Crippen molar-refractivity contribution in [2.75, 3.05) is 68.1 Å². The number of rotatable bonds is 17. The molecule has 1 aliphatic rings. The normalized spacial score (nSPS) is 12.2. The van der Waals surface area contributed by atoms with Crippen molar-refractivity contribution in [2.24, 2.45) is 0 Å². The van der Waals surface area contributed by atoms with E-state index in [0.29, 0.717) is 61.9 Å². The van der Waals surface area contributed by atoms with Gasteiger partial charge in [0.05, 0.1) is 26.4 Å². The highest BCUT2D eigenvalue weighted by molar-refractivity contribution is 6.02. The Morgan fingerprint density at radius 2 is 0.703 bits per heavy atom. The molecule has 5 aromatic carbocycles. The summed E-state index contributed by atoms with van der Waals surface area (Å²) in [5, 5.41) is 1.97. The first-order chi connectivity index (χ1) is 29.9. The van der Waals surface area contributed by atoms with Crippen molar-refractivity contribution in [3.63, 3.8) is 0 Å². The van der Waals surface area contributed by atoms with Crippen LogP contribution in [0.3, 0.4) is 0 Å². The van der Waals surface area contributed by atoms with Crippen molar-refractivity contribution >= 4 is 33.9 Å². The van der Waals surface area contributed by atoms with E-state index < -0.39 is 0 Å². The molecule has 0 aliphatic heterocycles. The third-order valence-electron chi connectivity index (χ3n) is 10.5. The number of carbonyl (C=O) groups is 4. The Balaban J connectivity index is 0.000000481. The van der Waals surface area contributed by atoms with Gasteiger partial charge in [0.2, 0.25) is 0 Å². The lowest BCUT2D eigenvalue weighted by Gasteiger charge is -2.38. The summed E-state index contributed by atoms with van der Waals surface area (Å²) >= 11 is 0. The molecule has 0 radical (unpaired) electrons. The molecule has 0 aromatic heterocycles. The predicted octanol–water partition coefficient (Wildman–Crippen LogP) is 11.9. The smallest absolute Gasteiger partial charge is 0.159 e. The minimum absolute atomic E-state index is 0. The van der Waals surface area contributed by atoms with Gasteiger partial charge in [0, 0.05) is 56.1 Å². The monoisotopic (exact) mass is 881 g/mol. The van der Waals surface area contributed by atoms with E-state index in [1.165, 1.54) is 57.1 Å². The molecular weight excluding hydrogens is 809 g/mol. The van der Waals surface area contributed by atoms with Crippen molar-refractivity contribution in [2.45, 2.75) is 80.1 Å². The molecule has 0 bridgehead atoms. The van der Waals surface area contributed by atoms with E-state index in [4.69, 9.17) is 18.9 Å². The van der Waals surface area contributed by atoms with Gasteiger partial charge in [-0.25, -0.2) is 0 Å². The van der Waals surface area contributed by atoms with Gasteiger partial charge < -0.3 is 28.4 Å². The minimum atomic E-state index is 0. The van der Waals surface area contributed by atoms with Crippen LogP contribution < -0.4 is 9.47 Å². The van der Waals surface area contributed by atoms with Gasteiger partial charge in [-0.15, -0.1) is 0 Å². The average molecular weight is 881 g/mol. The maximum absolute atomic E-state index is 11.2. The highest BCUT2D eigenvalue weighted by Gasteiger charge is 2.35. The molecule has 348 valence electrons. The van der Waals surface area contributed by atoms with Gasteiger partial charge in [-0.1, -0.05) is 107 Å². The number of Topliss-reactive ketones (excluding diaryl/α,β-unsaturated/α-hetero) is 4. The van der Waals surface area contributed by atoms with Crippen molar-refractivity contribution in [1.82, 2.24) is 0 Å². The lowest BCUT2D eigenvalue weighted by atomic mass is 9.65. The Hall–Kier alpha value is -5.52. The molecule has 1 fully saturated rings. The number of ether oxygens (including phenoxy) is 6. The van der Waals surface area contributed by atoms with E-state index >= 15 is 0 Å². The van der Waals surface area contributed by atoms with Gasteiger partial charge in [-0.05, 0) is 98.8 Å². The maximum Gasteiger partial charge on any atom is 0.159 e. The summed E-state index contributed by atoms with van der Waals surface area (Å²) in [6, 6.07) is 35.0. The second kappa shape index (κ2) is 30.5. The highest BCUT2D eigenvalue weighted by atomic mass is 16.5. The molecule has 1 saturated carbocycles. The minimum Gasteiger partial charge on any atom is -0.491 e. The molecule has 6 rings (SSSR count). The van der Waals surface area contributed by atoms with Crippen LogP contribution in [0.1, 0.15) is 127 Å². The van der Waals surface area contributed by atoms with Gasteiger partial charge in [-0.3, -0.25) is 19.2 Å². The molecule has 5 aromatic rings. The second-order valence-corrected chi connectivity index (χ2v) is 14.9. The van der Waals surface area contributed by atoms with E-state index in [1.807, 2.05) is 24.3 Å². The average Bonchev–Trinajstić information content (AvgIpc) is 3.29. The fourth-order valence-corrected chi connectivity index (χ4v) is 6.92. The molecule has 0 saturated heterocycles. The quantitative estimate of drug-likeness (QED) is 0.0658. The van der Waals surface area contributed by atoms with Gasteiger partial charge in [-0.2, -0.15) is 0 Å². The van der Waals surface area contributed by atoms with Crippen LogP contribution in [0.25, 0.3) is 10.8 Å². The van der Waals surface area contributed by atoms with Crippen LogP contribution in [0.2, 0.25) is 0 Å². The molecule has 0 heterocycles. The summed E-state index contributed by atoms with van der Waals surface area (Å²) in [6.07, 6.45) is 6.20. The van der Waals surface area contributed by atoms with Crippen LogP contribution in [-0.4, -0.2) is 91.2 Å². The maximum atomic E-state index is 11.2. The molecule has 10 heteroatoms. The molecule has 0 unspecified atom stereocenters. The lowest BCUT2D eigenvalue weighted by molar-refractivity contribution is 0.100. The molecule has 0 amide bonds. The van der Waals surface area contributed by atoms with E-state index in [9.17, 15) is 19.2 Å². The van der Waals surface area contributed by atoms with E-state index in [2.05, 4.69) is 58.0 Å². The molecular formula is C54H72O10. The number of fused-ring (bicyclic) bond motifs is 1. The third kappa shape index (κ3) is 18.3. The molecule has 0 atom stereocenters. The van der Waals surface area contributed by atoms with Gasteiger partial charge in [0.25, 0.3) is 0 Å². The summed E-state index contributed by atoms with van der Waals surface area (Å²) in [7, 11) is 6.68. The van der Waals surface area contributed by atoms with Crippen LogP contribution >= 0.6 is 0 Å². The predicted molar refractivity (Wildman–Crippen MR) is 259 cm³/mol. The summed E-state index contributed by atoms with van der Waals surface area (Å²) in [4.78, 5) is 44.1. The molecule has 0 spiro atoms. The first-order valence-corrected chi connectivity index (χ1v) is 21.0. The SMILES string of the molecule is C.C.CC(=O)c1ccc(C(C)=O)cc1.CC(=O)c1ccc2cc(C(C)=O)ccc2c1.COCCOC.COCCOc1ccc(C2(c3ccc(OCCOC)cc3)CCCCC2)cc1. The Bertz CT molecular complexity index is 1970. The van der Waals surface area contributed by atoms with E-state index in [1.54, 1.807) is 78.7 Å². The Morgan fingerprint density at radius 3 is 1.00 bits per heavy atom. The second-order valence-electron chi connectivity index (χ2n) is 14.9. The first-order valence-electron chi connectivity index (χ1n) is 21.0. The number of hydrogen-bond donors (Lipinski definition) is 0. The van der Waals surface area contributed by atoms with Gasteiger partial charge >= 0.3 is 0 Å².